The lowest BCUT2D eigenvalue weighted by molar-refractivity contribution is -0.907. The summed E-state index contributed by atoms with van der Waals surface area (Å²) in [7, 11) is 1.97. The molecule has 5 heteroatoms. The van der Waals surface area contributed by atoms with Crippen LogP contribution >= 0.6 is 11.6 Å². The number of likely N-dealkylation sites (N-methyl/N-ethyl adjacent to an activating group) is 1. The molecule has 0 bridgehead atoms. The van der Waals surface area contributed by atoms with Gasteiger partial charge in [-0.1, -0.05) is 41.9 Å². The number of anilines is 1. The van der Waals surface area contributed by atoms with Crippen LogP contribution in [0.3, 0.4) is 0 Å². The molecule has 0 radical (unpaired) electrons. The molecular weight excluding hydrogens is 303 g/mol. The van der Waals surface area contributed by atoms with Gasteiger partial charge in [0, 0.05) is 11.3 Å². The highest BCUT2D eigenvalue weighted by atomic mass is 35.5. The average molecular weight is 322 g/mol. The number of rotatable bonds is 5. The van der Waals surface area contributed by atoms with E-state index in [9.17, 15) is 9.18 Å². The fourth-order valence-electron chi connectivity index (χ4n) is 2.12. The van der Waals surface area contributed by atoms with E-state index < -0.39 is 5.82 Å². The van der Waals surface area contributed by atoms with Gasteiger partial charge in [-0.15, -0.1) is 0 Å². The van der Waals surface area contributed by atoms with Crippen molar-refractivity contribution >= 4 is 23.2 Å². The van der Waals surface area contributed by atoms with Crippen LogP contribution in [0.25, 0.3) is 0 Å². The first-order valence-corrected chi connectivity index (χ1v) is 7.47. The van der Waals surface area contributed by atoms with Gasteiger partial charge >= 0.3 is 0 Å². The highest BCUT2D eigenvalue weighted by Gasteiger charge is 2.22. The van der Waals surface area contributed by atoms with Crippen LogP contribution in [0.15, 0.2) is 48.5 Å². The van der Waals surface area contributed by atoms with E-state index in [2.05, 4.69) is 5.32 Å². The first kappa shape index (κ1) is 16.5. The van der Waals surface area contributed by atoms with Crippen LogP contribution in [0.4, 0.5) is 10.1 Å². The summed E-state index contributed by atoms with van der Waals surface area (Å²) >= 11 is 5.72. The van der Waals surface area contributed by atoms with E-state index in [-0.39, 0.29) is 17.0 Å². The van der Waals surface area contributed by atoms with Gasteiger partial charge in [-0.3, -0.25) is 4.79 Å². The van der Waals surface area contributed by atoms with E-state index >= 15 is 0 Å². The maximum absolute atomic E-state index is 13.1. The minimum Gasteiger partial charge on any atom is -0.324 e. The lowest BCUT2D eigenvalue weighted by atomic mass is 10.2. The van der Waals surface area contributed by atoms with Crippen molar-refractivity contribution in [2.45, 2.75) is 19.5 Å². The predicted octanol–water partition coefficient (Wildman–Crippen LogP) is 2.52. The number of quaternary nitrogens is 1. The number of hydrogen-bond donors (Lipinski definition) is 2. The predicted molar refractivity (Wildman–Crippen MR) is 86.5 cm³/mol. The molecule has 0 saturated carbocycles. The van der Waals surface area contributed by atoms with Crippen molar-refractivity contribution in [1.29, 1.82) is 0 Å². The van der Waals surface area contributed by atoms with E-state index in [1.807, 2.05) is 44.3 Å². The second-order valence-corrected chi connectivity index (χ2v) is 5.76. The Morgan fingerprint density at radius 1 is 1.27 bits per heavy atom. The van der Waals surface area contributed by atoms with Gasteiger partial charge in [-0.05, 0) is 25.1 Å². The fourth-order valence-corrected chi connectivity index (χ4v) is 2.30. The Labute approximate surface area is 134 Å². The van der Waals surface area contributed by atoms with Crippen molar-refractivity contribution in [2.75, 3.05) is 12.4 Å². The molecule has 22 heavy (non-hydrogen) atoms. The number of halogens is 2. The molecular formula is C17H19ClFN2O+. The number of amides is 1. The Kier molecular flexibility index (Phi) is 5.52. The molecule has 0 aromatic heterocycles. The van der Waals surface area contributed by atoms with Gasteiger partial charge in [-0.2, -0.15) is 0 Å². The molecule has 0 aliphatic heterocycles. The molecule has 0 heterocycles. The summed E-state index contributed by atoms with van der Waals surface area (Å²) in [5.41, 5.74) is 1.67. The van der Waals surface area contributed by atoms with Crippen LogP contribution in [0, 0.1) is 5.82 Å². The zero-order valence-corrected chi connectivity index (χ0v) is 13.3. The zero-order valence-electron chi connectivity index (χ0n) is 12.6. The maximum atomic E-state index is 13.1. The Balaban J connectivity index is 1.97. The lowest BCUT2D eigenvalue weighted by Gasteiger charge is -2.21. The number of benzene rings is 2. The van der Waals surface area contributed by atoms with Crippen molar-refractivity contribution in [1.82, 2.24) is 0 Å². The van der Waals surface area contributed by atoms with Crippen LogP contribution in [0.5, 0.6) is 0 Å². The van der Waals surface area contributed by atoms with Gasteiger partial charge in [0.05, 0.1) is 12.1 Å². The van der Waals surface area contributed by atoms with Crippen molar-refractivity contribution in [3.8, 4) is 0 Å². The van der Waals surface area contributed by atoms with E-state index in [0.29, 0.717) is 5.69 Å². The zero-order chi connectivity index (χ0) is 16.1. The molecule has 3 nitrogen and oxygen atoms in total. The molecule has 0 aliphatic carbocycles. The third kappa shape index (κ3) is 4.29. The first-order valence-electron chi connectivity index (χ1n) is 7.09. The van der Waals surface area contributed by atoms with Crippen LogP contribution in [0.2, 0.25) is 5.02 Å². The highest BCUT2D eigenvalue weighted by Crippen LogP contribution is 2.19. The molecule has 0 spiro atoms. The van der Waals surface area contributed by atoms with E-state index in [0.717, 1.165) is 11.4 Å². The van der Waals surface area contributed by atoms with Crippen LogP contribution in [-0.4, -0.2) is 19.0 Å². The average Bonchev–Trinajstić information content (AvgIpc) is 2.51. The third-order valence-corrected chi connectivity index (χ3v) is 3.94. The molecule has 0 aliphatic rings. The number of carbonyl (C=O) groups is 1. The van der Waals surface area contributed by atoms with Crippen LogP contribution < -0.4 is 10.2 Å². The summed E-state index contributed by atoms with van der Waals surface area (Å²) in [4.78, 5) is 13.3. The maximum Gasteiger partial charge on any atom is 0.282 e. The molecule has 2 N–H and O–H groups in total. The second-order valence-electron chi connectivity index (χ2n) is 5.35. The topological polar surface area (TPSA) is 33.5 Å². The van der Waals surface area contributed by atoms with Gasteiger partial charge in [0.25, 0.3) is 5.91 Å². The van der Waals surface area contributed by atoms with E-state index in [1.54, 1.807) is 0 Å². The Hall–Kier alpha value is -1.91. The number of nitrogens with one attached hydrogen (secondary N) is 2. The summed E-state index contributed by atoms with van der Waals surface area (Å²) in [6, 6.07) is 13.9. The summed E-state index contributed by atoms with van der Waals surface area (Å²) in [6.07, 6.45) is 0. The second kappa shape index (κ2) is 7.38. The quantitative estimate of drug-likeness (QED) is 0.872. The normalized spacial score (nSPS) is 13.5. The Morgan fingerprint density at radius 2 is 1.95 bits per heavy atom. The smallest absolute Gasteiger partial charge is 0.282 e. The summed E-state index contributed by atoms with van der Waals surface area (Å²) in [5, 5.41) is 2.76. The fraction of sp³-hybridized carbons (Fsp3) is 0.235. The molecule has 1 unspecified atom stereocenters. The van der Waals surface area contributed by atoms with E-state index in [1.165, 1.54) is 23.8 Å². The van der Waals surface area contributed by atoms with Crippen molar-refractivity contribution in [3.05, 3.63) is 64.9 Å². The molecule has 2 rings (SSSR count). The van der Waals surface area contributed by atoms with Crippen molar-refractivity contribution < 1.29 is 14.1 Å². The largest absolute Gasteiger partial charge is 0.324 e. The van der Waals surface area contributed by atoms with Crippen molar-refractivity contribution in [3.63, 3.8) is 0 Å². The summed E-state index contributed by atoms with van der Waals surface area (Å²) in [6.45, 7) is 2.61. The van der Waals surface area contributed by atoms with Crippen LogP contribution in [-0.2, 0) is 11.3 Å². The highest BCUT2D eigenvalue weighted by molar-refractivity contribution is 6.31. The Bertz CT molecular complexity index is 648. The van der Waals surface area contributed by atoms with Gasteiger partial charge in [0.2, 0.25) is 0 Å². The monoisotopic (exact) mass is 321 g/mol. The molecule has 2 aromatic rings. The molecule has 116 valence electrons. The number of carbonyl (C=O) groups excluding carboxylic acids is 1. The van der Waals surface area contributed by atoms with Crippen LogP contribution in [0.1, 0.15) is 12.5 Å². The minimum atomic E-state index is -0.500. The Morgan fingerprint density at radius 3 is 2.59 bits per heavy atom. The van der Waals surface area contributed by atoms with E-state index in [4.69, 9.17) is 11.6 Å². The van der Waals surface area contributed by atoms with Gasteiger partial charge in [-0.25, -0.2) is 4.39 Å². The van der Waals surface area contributed by atoms with Gasteiger partial charge in [0.15, 0.2) is 6.04 Å². The third-order valence-electron chi connectivity index (χ3n) is 3.65. The molecule has 0 fully saturated rings. The van der Waals surface area contributed by atoms with Crippen molar-refractivity contribution in [2.24, 2.45) is 0 Å². The first-order chi connectivity index (χ1) is 10.5. The summed E-state index contributed by atoms with van der Waals surface area (Å²) in [5.74, 6) is -0.629. The standard InChI is InChI=1S/C17H18ClFN2O/c1-12(21(2)11-13-6-4-3-5-7-13)17(22)20-14-8-9-16(19)15(18)10-14/h3-10,12H,11H2,1-2H3,(H,20,22)/p+1/t12-/m0/s1. The summed E-state index contributed by atoms with van der Waals surface area (Å²) < 4.78 is 13.1. The molecule has 2 aromatic carbocycles. The molecule has 0 saturated heterocycles. The molecule has 1 amide bonds. The van der Waals surface area contributed by atoms with Gasteiger partial charge < -0.3 is 10.2 Å². The number of hydrogen-bond acceptors (Lipinski definition) is 1. The van der Waals surface area contributed by atoms with Gasteiger partial charge in [0.1, 0.15) is 12.4 Å². The minimum absolute atomic E-state index is 0.00422. The molecule has 2 atom stereocenters. The SMILES string of the molecule is C[C@@H](C(=O)Nc1ccc(F)c(Cl)c1)[NH+](C)Cc1ccccc1. The lowest BCUT2D eigenvalue weighted by Crippen LogP contribution is -3.12.